The number of aliphatic hydroxyl groups is 1. The van der Waals surface area contributed by atoms with Gasteiger partial charge in [0.15, 0.2) is 11.5 Å². The molecule has 0 saturated heterocycles. The van der Waals surface area contributed by atoms with Crippen LogP contribution in [-0.4, -0.2) is 37.0 Å². The van der Waals surface area contributed by atoms with Gasteiger partial charge in [-0.15, -0.1) is 0 Å². The van der Waals surface area contributed by atoms with Gasteiger partial charge in [0.05, 0.1) is 41.5 Å². The molecule has 0 amide bonds. The zero-order chi connectivity index (χ0) is 17.4. The maximum Gasteiger partial charge on any atom is 0.164 e. The first-order valence-electron chi connectivity index (χ1n) is 8.10. The summed E-state index contributed by atoms with van der Waals surface area (Å²) in [5.74, 6) is 0.566. The summed E-state index contributed by atoms with van der Waals surface area (Å²) in [6.45, 7) is 0. The Bertz CT molecular complexity index is 975. The van der Waals surface area contributed by atoms with E-state index in [4.69, 9.17) is 11.0 Å². The predicted octanol–water partition coefficient (Wildman–Crippen LogP) is 1.59. The molecular weight excluding hydrogens is 318 g/mol. The minimum atomic E-state index is -0.368. The number of pyridine rings is 2. The molecule has 4 N–H and O–H groups in total. The van der Waals surface area contributed by atoms with Crippen molar-refractivity contribution in [1.29, 1.82) is 5.26 Å². The van der Waals surface area contributed by atoms with Crippen molar-refractivity contribution in [2.45, 2.75) is 31.4 Å². The fourth-order valence-corrected chi connectivity index (χ4v) is 3.15. The molecule has 1 fully saturated rings. The monoisotopic (exact) mass is 335 g/mol. The Hall–Kier alpha value is -3.18. The fraction of sp³-hybridized carbons (Fsp3) is 0.294. The van der Waals surface area contributed by atoms with Crippen LogP contribution in [0.5, 0.6) is 0 Å². The van der Waals surface area contributed by atoms with E-state index in [-0.39, 0.29) is 12.1 Å². The van der Waals surface area contributed by atoms with Crippen molar-refractivity contribution < 1.29 is 5.11 Å². The van der Waals surface area contributed by atoms with Crippen LogP contribution in [-0.2, 0) is 0 Å². The van der Waals surface area contributed by atoms with Crippen molar-refractivity contribution in [2.24, 2.45) is 0 Å². The van der Waals surface area contributed by atoms with Crippen LogP contribution >= 0.6 is 0 Å². The molecule has 25 heavy (non-hydrogen) atoms. The molecule has 3 aromatic rings. The molecule has 8 nitrogen and oxygen atoms in total. The lowest BCUT2D eigenvalue weighted by Crippen LogP contribution is -2.28. The van der Waals surface area contributed by atoms with Gasteiger partial charge in [-0.3, -0.25) is 0 Å². The highest BCUT2D eigenvalue weighted by atomic mass is 16.3. The Morgan fingerprint density at radius 3 is 2.88 bits per heavy atom. The van der Waals surface area contributed by atoms with Crippen LogP contribution in [0.4, 0.5) is 11.4 Å². The van der Waals surface area contributed by atoms with Gasteiger partial charge in [0, 0.05) is 17.6 Å². The molecule has 8 heteroatoms. The second-order valence-corrected chi connectivity index (χ2v) is 6.18. The standard InChI is InChI=1S/C17H17N7O/c18-6-10-4-11-8-22-24(17(11)21-7-10)16-5-14(12(19)9-20-16)23-13-2-1-3-15(13)25/h4-5,7-9,13,15,25H,1-3,19H2,(H,20,23)/t13-,15-/m0/s1. The normalized spacial score (nSPS) is 19.8. The number of hydrogen-bond acceptors (Lipinski definition) is 7. The van der Waals surface area contributed by atoms with E-state index in [1.807, 2.05) is 0 Å². The maximum absolute atomic E-state index is 10.0. The number of aromatic nitrogens is 4. The highest BCUT2D eigenvalue weighted by Gasteiger charge is 2.25. The van der Waals surface area contributed by atoms with Gasteiger partial charge in [0.2, 0.25) is 0 Å². The first kappa shape index (κ1) is 15.4. The molecule has 2 atom stereocenters. The van der Waals surface area contributed by atoms with Gasteiger partial charge in [0.1, 0.15) is 6.07 Å². The summed E-state index contributed by atoms with van der Waals surface area (Å²) >= 11 is 0. The van der Waals surface area contributed by atoms with E-state index >= 15 is 0 Å². The zero-order valence-electron chi connectivity index (χ0n) is 13.4. The fourth-order valence-electron chi connectivity index (χ4n) is 3.15. The topological polar surface area (TPSA) is 126 Å². The average Bonchev–Trinajstić information content (AvgIpc) is 3.22. The predicted molar refractivity (Wildman–Crippen MR) is 93.1 cm³/mol. The summed E-state index contributed by atoms with van der Waals surface area (Å²) in [7, 11) is 0. The lowest BCUT2D eigenvalue weighted by atomic mass is 10.2. The molecule has 1 aliphatic carbocycles. The van der Waals surface area contributed by atoms with Crippen LogP contribution in [0.1, 0.15) is 24.8 Å². The van der Waals surface area contributed by atoms with Crippen LogP contribution in [0.3, 0.4) is 0 Å². The number of nitrogens with two attached hydrogens (primary N) is 1. The number of hydrogen-bond donors (Lipinski definition) is 3. The van der Waals surface area contributed by atoms with Gasteiger partial charge in [0.25, 0.3) is 0 Å². The SMILES string of the molecule is N#Cc1cnc2c(cnn2-c2cc(N[C@H]3CCC[C@@H]3O)c(N)cn2)c1. The molecule has 0 spiro atoms. The van der Waals surface area contributed by atoms with E-state index in [1.165, 1.54) is 6.20 Å². The van der Waals surface area contributed by atoms with Crippen molar-refractivity contribution in [3.63, 3.8) is 0 Å². The maximum atomic E-state index is 10.0. The number of nitriles is 1. The Morgan fingerprint density at radius 1 is 1.24 bits per heavy atom. The molecular formula is C17H17N7O. The Kier molecular flexibility index (Phi) is 3.71. The Morgan fingerprint density at radius 2 is 2.12 bits per heavy atom. The second kappa shape index (κ2) is 6.03. The Balaban J connectivity index is 1.71. The van der Waals surface area contributed by atoms with Crippen molar-refractivity contribution in [2.75, 3.05) is 11.1 Å². The lowest BCUT2D eigenvalue weighted by molar-refractivity contribution is 0.172. The number of nitrogens with zero attached hydrogens (tertiary/aromatic N) is 5. The molecule has 3 aromatic heterocycles. The summed E-state index contributed by atoms with van der Waals surface area (Å²) in [6.07, 6.45) is 7.04. The van der Waals surface area contributed by atoms with Gasteiger partial charge < -0.3 is 16.2 Å². The van der Waals surface area contributed by atoms with Crippen LogP contribution in [0.15, 0.2) is 30.7 Å². The van der Waals surface area contributed by atoms with Gasteiger partial charge in [-0.2, -0.15) is 15.0 Å². The number of nitrogen functional groups attached to an aromatic ring is 1. The minimum Gasteiger partial charge on any atom is -0.396 e. The smallest absolute Gasteiger partial charge is 0.164 e. The Labute approximate surface area is 143 Å². The lowest BCUT2D eigenvalue weighted by Gasteiger charge is -2.19. The van der Waals surface area contributed by atoms with E-state index in [0.29, 0.717) is 28.4 Å². The molecule has 0 radical (unpaired) electrons. The number of aliphatic hydroxyl groups excluding tert-OH is 1. The molecule has 0 bridgehead atoms. The first-order valence-corrected chi connectivity index (χ1v) is 8.10. The first-order chi connectivity index (χ1) is 12.2. The molecule has 126 valence electrons. The third-order valence-electron chi connectivity index (χ3n) is 4.49. The minimum absolute atomic E-state index is 0.0109. The molecule has 1 saturated carbocycles. The zero-order valence-corrected chi connectivity index (χ0v) is 13.4. The van der Waals surface area contributed by atoms with E-state index < -0.39 is 0 Å². The molecule has 3 heterocycles. The summed E-state index contributed by atoms with van der Waals surface area (Å²) < 4.78 is 1.60. The largest absolute Gasteiger partial charge is 0.396 e. The van der Waals surface area contributed by atoms with E-state index in [2.05, 4.69) is 26.5 Å². The van der Waals surface area contributed by atoms with Gasteiger partial charge >= 0.3 is 0 Å². The third-order valence-corrected chi connectivity index (χ3v) is 4.49. The van der Waals surface area contributed by atoms with Gasteiger partial charge in [-0.05, 0) is 25.3 Å². The van der Waals surface area contributed by atoms with Crippen molar-refractivity contribution in [3.8, 4) is 11.9 Å². The van der Waals surface area contributed by atoms with Crippen molar-refractivity contribution in [1.82, 2.24) is 19.7 Å². The van der Waals surface area contributed by atoms with E-state index in [0.717, 1.165) is 24.6 Å². The van der Waals surface area contributed by atoms with E-state index in [9.17, 15) is 5.11 Å². The molecule has 0 aliphatic heterocycles. The van der Waals surface area contributed by atoms with Gasteiger partial charge in [-0.1, -0.05) is 0 Å². The summed E-state index contributed by atoms with van der Waals surface area (Å²) in [5.41, 5.74) is 8.35. The molecule has 0 aromatic carbocycles. The van der Waals surface area contributed by atoms with Crippen LogP contribution in [0.2, 0.25) is 0 Å². The summed E-state index contributed by atoms with van der Waals surface area (Å²) in [4.78, 5) is 8.64. The third kappa shape index (κ3) is 2.75. The number of fused-ring (bicyclic) bond motifs is 1. The van der Waals surface area contributed by atoms with Crippen LogP contribution in [0.25, 0.3) is 16.9 Å². The van der Waals surface area contributed by atoms with Gasteiger partial charge in [-0.25, -0.2) is 9.97 Å². The van der Waals surface area contributed by atoms with E-state index in [1.54, 1.807) is 29.2 Å². The van der Waals surface area contributed by atoms with Crippen LogP contribution < -0.4 is 11.1 Å². The number of anilines is 2. The van der Waals surface area contributed by atoms with Crippen molar-refractivity contribution in [3.05, 3.63) is 36.3 Å². The second-order valence-electron chi connectivity index (χ2n) is 6.18. The highest BCUT2D eigenvalue weighted by Crippen LogP contribution is 2.27. The van der Waals surface area contributed by atoms with Crippen molar-refractivity contribution >= 4 is 22.4 Å². The highest BCUT2D eigenvalue weighted by molar-refractivity contribution is 5.78. The molecule has 0 unspecified atom stereocenters. The average molecular weight is 335 g/mol. The van der Waals surface area contributed by atoms with Crippen LogP contribution in [0, 0.1) is 11.3 Å². The number of rotatable bonds is 3. The number of nitrogens with one attached hydrogen (secondary N) is 1. The quantitative estimate of drug-likeness (QED) is 0.663. The molecule has 4 rings (SSSR count). The summed E-state index contributed by atoms with van der Waals surface area (Å²) in [6, 6.07) is 5.58. The summed E-state index contributed by atoms with van der Waals surface area (Å²) in [5, 5.41) is 27.4. The molecule has 1 aliphatic rings.